The van der Waals surface area contributed by atoms with Crippen LogP contribution in [0.5, 0.6) is 0 Å². The number of sulfonamides is 1. The van der Waals surface area contributed by atoms with Gasteiger partial charge in [0.1, 0.15) is 10.0 Å². The molecule has 0 unspecified atom stereocenters. The number of aliphatic hydroxyl groups excluding tert-OH is 1. The van der Waals surface area contributed by atoms with Gasteiger partial charge in [0.25, 0.3) is 21.8 Å². The van der Waals surface area contributed by atoms with Crippen molar-refractivity contribution in [1.29, 1.82) is 0 Å². The van der Waals surface area contributed by atoms with Gasteiger partial charge in [-0.3, -0.25) is 14.4 Å². The van der Waals surface area contributed by atoms with Crippen molar-refractivity contribution in [1.82, 2.24) is 9.79 Å². The van der Waals surface area contributed by atoms with Crippen molar-refractivity contribution in [2.45, 2.75) is 10.8 Å². The minimum absolute atomic E-state index is 0.104. The van der Waals surface area contributed by atoms with E-state index in [-0.39, 0.29) is 15.1 Å². The van der Waals surface area contributed by atoms with Gasteiger partial charge in [-0.25, -0.2) is 22.6 Å². The Morgan fingerprint density at radius 1 is 1.29 bits per heavy atom. The number of hydroxylamine groups is 2. The van der Waals surface area contributed by atoms with Gasteiger partial charge >= 0.3 is 0 Å². The average Bonchev–Trinajstić information content (AvgIpc) is 3.08. The second kappa shape index (κ2) is 9.15. The number of thiophene rings is 1. The molecule has 1 heterocycles. The van der Waals surface area contributed by atoms with Crippen LogP contribution in [0.3, 0.4) is 0 Å². The molecule has 1 aromatic carbocycles. The molecule has 0 bridgehead atoms. The molecule has 0 aliphatic rings. The minimum Gasteiger partial charge on any atom is -0.503 e. The van der Waals surface area contributed by atoms with Gasteiger partial charge in [-0.1, -0.05) is 23.7 Å². The van der Waals surface area contributed by atoms with E-state index in [9.17, 15) is 27.5 Å². The Hall–Kier alpha value is -2.47. The van der Waals surface area contributed by atoms with Crippen molar-refractivity contribution in [3.05, 3.63) is 64.0 Å². The van der Waals surface area contributed by atoms with Crippen molar-refractivity contribution >= 4 is 44.8 Å². The summed E-state index contributed by atoms with van der Waals surface area (Å²) in [4.78, 5) is 28.9. The zero-order valence-electron chi connectivity index (χ0n) is 14.3. The molecule has 2 aromatic rings. The van der Waals surface area contributed by atoms with Crippen LogP contribution in [-0.4, -0.2) is 37.5 Å². The van der Waals surface area contributed by atoms with Gasteiger partial charge in [0.2, 0.25) is 0 Å². The first-order valence-electron chi connectivity index (χ1n) is 7.45. The second-order valence-electron chi connectivity index (χ2n) is 5.21. The molecule has 0 fully saturated rings. The number of carbonyl (C=O) groups is 2. The lowest BCUT2D eigenvalue weighted by molar-refractivity contribution is -0.173. The van der Waals surface area contributed by atoms with Gasteiger partial charge < -0.3 is 5.11 Å². The third-order valence-corrected chi connectivity index (χ3v) is 6.29. The van der Waals surface area contributed by atoms with E-state index >= 15 is 0 Å². The van der Waals surface area contributed by atoms with E-state index in [1.165, 1.54) is 43.5 Å². The van der Waals surface area contributed by atoms with Crippen LogP contribution in [0.2, 0.25) is 4.34 Å². The molecule has 0 spiro atoms. The molecular formula is C16H14ClFN2O6S2. The Morgan fingerprint density at radius 3 is 2.46 bits per heavy atom. The molecule has 12 heteroatoms. The van der Waals surface area contributed by atoms with Crippen LogP contribution in [-0.2, 0) is 31.0 Å². The number of benzene rings is 1. The fourth-order valence-electron chi connectivity index (χ4n) is 1.91. The molecule has 28 heavy (non-hydrogen) atoms. The first-order valence-corrected chi connectivity index (χ1v) is 10.1. The maximum Gasteiger partial charge on any atom is 0.300 e. The van der Waals surface area contributed by atoms with Gasteiger partial charge in [-0.05, 0) is 29.8 Å². The Kier molecular flexibility index (Phi) is 7.13. The van der Waals surface area contributed by atoms with E-state index in [4.69, 9.17) is 16.4 Å². The number of rotatable bonds is 7. The molecule has 150 valence electrons. The lowest BCUT2D eigenvalue weighted by Gasteiger charge is -2.18. The molecule has 0 saturated carbocycles. The molecule has 0 saturated heterocycles. The van der Waals surface area contributed by atoms with Crippen LogP contribution in [0.4, 0.5) is 4.39 Å². The number of carbonyl (C=O) groups excluding carboxylic acids is 2. The fourth-order valence-corrected chi connectivity index (χ4v) is 4.35. The van der Waals surface area contributed by atoms with Gasteiger partial charge in [-0.2, -0.15) is 0 Å². The highest BCUT2D eigenvalue weighted by Crippen LogP contribution is 2.25. The maximum atomic E-state index is 12.9. The SMILES string of the molecule is CON(Cc1ccc(F)cc1)C(=O)C=C(O)C(=O)NS(=O)(=O)c1ccc(Cl)s1. The third-order valence-electron chi connectivity index (χ3n) is 3.24. The smallest absolute Gasteiger partial charge is 0.300 e. The van der Waals surface area contributed by atoms with Crippen molar-refractivity contribution in [2.75, 3.05) is 7.11 Å². The van der Waals surface area contributed by atoms with Crippen LogP contribution in [0.1, 0.15) is 5.56 Å². The summed E-state index contributed by atoms with van der Waals surface area (Å²) in [7, 11) is -3.08. The zero-order valence-corrected chi connectivity index (χ0v) is 16.6. The Labute approximate surface area is 168 Å². The van der Waals surface area contributed by atoms with Gasteiger partial charge in [0, 0.05) is 0 Å². The highest BCUT2D eigenvalue weighted by atomic mass is 35.5. The van der Waals surface area contributed by atoms with Crippen molar-refractivity contribution in [3.63, 3.8) is 0 Å². The molecule has 2 amide bonds. The van der Waals surface area contributed by atoms with E-state index in [0.717, 1.165) is 5.06 Å². The van der Waals surface area contributed by atoms with Gasteiger partial charge in [0.15, 0.2) is 5.76 Å². The van der Waals surface area contributed by atoms with E-state index in [2.05, 4.69) is 0 Å². The number of aliphatic hydroxyl groups is 1. The number of hydrogen-bond acceptors (Lipinski definition) is 7. The minimum atomic E-state index is -4.26. The normalized spacial score (nSPS) is 11.9. The lowest BCUT2D eigenvalue weighted by atomic mass is 10.2. The van der Waals surface area contributed by atoms with Crippen LogP contribution >= 0.6 is 22.9 Å². The van der Waals surface area contributed by atoms with Crippen molar-refractivity contribution in [2.24, 2.45) is 0 Å². The standard InChI is InChI=1S/C16H14ClFN2O6S2/c1-26-20(9-10-2-4-11(18)5-3-10)14(22)8-12(21)16(23)19-28(24,25)15-7-6-13(17)27-15/h2-8,21H,9H2,1H3,(H,19,23). The summed E-state index contributed by atoms with van der Waals surface area (Å²) in [5.41, 5.74) is 0.520. The number of halogens is 2. The molecule has 0 aliphatic carbocycles. The first kappa shape index (κ1) is 21.8. The molecule has 8 nitrogen and oxygen atoms in total. The summed E-state index contributed by atoms with van der Waals surface area (Å²) in [5.74, 6) is -3.94. The number of nitrogens with zero attached hydrogens (tertiary/aromatic N) is 1. The van der Waals surface area contributed by atoms with E-state index < -0.39 is 33.4 Å². The molecular weight excluding hydrogens is 435 g/mol. The summed E-state index contributed by atoms with van der Waals surface area (Å²) in [6, 6.07) is 7.74. The summed E-state index contributed by atoms with van der Waals surface area (Å²) in [6.07, 6.45) is 0.499. The van der Waals surface area contributed by atoms with Gasteiger partial charge in [0.05, 0.1) is 24.1 Å². The lowest BCUT2D eigenvalue weighted by Crippen LogP contribution is -2.33. The van der Waals surface area contributed by atoms with E-state index in [1.54, 1.807) is 4.72 Å². The Balaban J connectivity index is 2.08. The molecule has 0 atom stereocenters. The fraction of sp³-hybridized carbons (Fsp3) is 0.125. The van der Waals surface area contributed by atoms with E-state index in [1.807, 2.05) is 0 Å². The highest BCUT2D eigenvalue weighted by Gasteiger charge is 2.23. The molecule has 2 N–H and O–H groups in total. The predicted molar refractivity (Wildman–Crippen MR) is 99.3 cm³/mol. The molecule has 0 radical (unpaired) electrons. The Bertz CT molecular complexity index is 1000. The largest absolute Gasteiger partial charge is 0.503 e. The second-order valence-corrected chi connectivity index (χ2v) is 8.83. The van der Waals surface area contributed by atoms with Crippen molar-refractivity contribution < 1.29 is 32.3 Å². The summed E-state index contributed by atoms with van der Waals surface area (Å²) >= 11 is 6.37. The van der Waals surface area contributed by atoms with Crippen LogP contribution in [0.15, 0.2) is 52.4 Å². The summed E-state index contributed by atoms with van der Waals surface area (Å²) in [5, 5.41) is 10.5. The predicted octanol–water partition coefficient (Wildman–Crippen LogP) is 2.38. The number of amides is 2. The monoisotopic (exact) mass is 448 g/mol. The Morgan fingerprint density at radius 2 is 1.93 bits per heavy atom. The molecule has 2 rings (SSSR count). The van der Waals surface area contributed by atoms with Gasteiger partial charge in [-0.15, -0.1) is 11.3 Å². The third kappa shape index (κ3) is 5.76. The van der Waals surface area contributed by atoms with E-state index in [0.29, 0.717) is 23.0 Å². The van der Waals surface area contributed by atoms with Crippen LogP contribution < -0.4 is 4.72 Å². The maximum absolute atomic E-state index is 12.9. The topological polar surface area (TPSA) is 113 Å². The number of nitrogens with one attached hydrogen (secondary N) is 1. The first-order chi connectivity index (χ1) is 13.1. The van der Waals surface area contributed by atoms with Crippen LogP contribution in [0.25, 0.3) is 0 Å². The molecule has 1 aromatic heterocycles. The quantitative estimate of drug-likeness (QED) is 0.382. The number of hydrogen-bond donors (Lipinski definition) is 2. The zero-order chi connectivity index (χ0) is 20.9. The average molecular weight is 449 g/mol. The molecule has 0 aliphatic heterocycles. The van der Waals surface area contributed by atoms with Crippen LogP contribution in [0, 0.1) is 5.82 Å². The summed E-state index contributed by atoms with van der Waals surface area (Å²) < 4.78 is 38.6. The highest BCUT2D eigenvalue weighted by molar-refractivity contribution is 7.92. The van der Waals surface area contributed by atoms with Crippen molar-refractivity contribution in [3.8, 4) is 0 Å². The summed E-state index contributed by atoms with van der Waals surface area (Å²) in [6.45, 7) is -0.104.